The Morgan fingerprint density at radius 1 is 1.20 bits per heavy atom. The Bertz CT molecular complexity index is 641. The first-order valence-electron chi connectivity index (χ1n) is 6.74. The van der Waals surface area contributed by atoms with Gasteiger partial charge in [0.2, 0.25) is 0 Å². The zero-order chi connectivity index (χ0) is 14.5. The Morgan fingerprint density at radius 2 is 1.95 bits per heavy atom. The number of rotatable bonds is 4. The lowest BCUT2D eigenvalue weighted by atomic mass is 10.1. The molecule has 0 saturated heterocycles. The van der Waals surface area contributed by atoms with Crippen LogP contribution in [0.15, 0.2) is 42.5 Å². The van der Waals surface area contributed by atoms with Gasteiger partial charge in [-0.1, -0.05) is 24.3 Å². The summed E-state index contributed by atoms with van der Waals surface area (Å²) in [5.74, 6) is 0. The number of nitrogens with two attached hydrogens (primary N) is 1. The summed E-state index contributed by atoms with van der Waals surface area (Å²) in [6.45, 7) is 5.91. The van der Waals surface area contributed by atoms with Crippen molar-refractivity contribution in [3.05, 3.63) is 59.2 Å². The first kappa shape index (κ1) is 14.0. The van der Waals surface area contributed by atoms with E-state index in [1.165, 1.54) is 11.1 Å². The van der Waals surface area contributed by atoms with Crippen LogP contribution in [-0.2, 0) is 6.54 Å². The third-order valence-electron chi connectivity index (χ3n) is 3.50. The van der Waals surface area contributed by atoms with E-state index in [4.69, 9.17) is 11.0 Å². The van der Waals surface area contributed by atoms with Gasteiger partial charge in [-0.05, 0) is 43.2 Å². The minimum absolute atomic E-state index is 0.596. The van der Waals surface area contributed by atoms with E-state index in [2.05, 4.69) is 43.0 Å². The molecule has 0 aliphatic rings. The fourth-order valence-electron chi connectivity index (χ4n) is 2.27. The lowest BCUT2D eigenvalue weighted by Crippen LogP contribution is -2.23. The lowest BCUT2D eigenvalue weighted by Gasteiger charge is -2.25. The van der Waals surface area contributed by atoms with Crippen molar-refractivity contribution in [3.8, 4) is 6.07 Å². The fraction of sp³-hybridized carbons (Fsp3) is 0.235. The van der Waals surface area contributed by atoms with E-state index in [0.29, 0.717) is 11.3 Å². The van der Waals surface area contributed by atoms with E-state index in [9.17, 15) is 0 Å². The molecular formula is C17H19N3. The largest absolute Gasteiger partial charge is 0.397 e. The van der Waals surface area contributed by atoms with Gasteiger partial charge in [-0.3, -0.25) is 0 Å². The molecule has 20 heavy (non-hydrogen) atoms. The number of benzene rings is 2. The minimum atomic E-state index is 0.596. The van der Waals surface area contributed by atoms with E-state index in [1.807, 2.05) is 18.2 Å². The van der Waals surface area contributed by atoms with Gasteiger partial charge in [0.1, 0.15) is 0 Å². The molecule has 0 aliphatic heterocycles. The molecule has 0 radical (unpaired) electrons. The number of aryl methyl sites for hydroxylation is 1. The Kier molecular flexibility index (Phi) is 4.27. The molecule has 0 heterocycles. The SMILES string of the molecule is CCN(Cc1ccccc1C)c1ccc(C#N)cc1N. The highest BCUT2D eigenvalue weighted by atomic mass is 15.1. The maximum atomic E-state index is 8.90. The molecule has 0 amide bonds. The molecule has 0 bridgehead atoms. The third kappa shape index (κ3) is 2.92. The molecule has 0 aromatic heterocycles. The molecule has 2 N–H and O–H groups in total. The van der Waals surface area contributed by atoms with Crippen LogP contribution in [0.2, 0.25) is 0 Å². The lowest BCUT2D eigenvalue weighted by molar-refractivity contribution is 0.828. The summed E-state index contributed by atoms with van der Waals surface area (Å²) in [5.41, 5.74) is 10.9. The molecule has 0 atom stereocenters. The van der Waals surface area contributed by atoms with E-state index in [1.54, 1.807) is 6.07 Å². The summed E-state index contributed by atoms with van der Waals surface area (Å²) in [5, 5.41) is 8.90. The number of hydrogen-bond acceptors (Lipinski definition) is 3. The smallest absolute Gasteiger partial charge is 0.0992 e. The van der Waals surface area contributed by atoms with Crippen molar-refractivity contribution in [2.45, 2.75) is 20.4 Å². The second-order valence-corrected chi connectivity index (χ2v) is 4.83. The van der Waals surface area contributed by atoms with Gasteiger partial charge in [-0.25, -0.2) is 0 Å². The minimum Gasteiger partial charge on any atom is -0.397 e. The summed E-state index contributed by atoms with van der Waals surface area (Å²) in [7, 11) is 0. The van der Waals surface area contributed by atoms with Gasteiger partial charge in [0.25, 0.3) is 0 Å². The van der Waals surface area contributed by atoms with Crippen LogP contribution in [-0.4, -0.2) is 6.54 Å². The van der Waals surface area contributed by atoms with E-state index >= 15 is 0 Å². The Morgan fingerprint density at radius 3 is 2.55 bits per heavy atom. The molecule has 0 saturated carbocycles. The molecule has 2 aromatic rings. The van der Waals surface area contributed by atoms with Gasteiger partial charge in [-0.2, -0.15) is 5.26 Å². The molecule has 3 heteroatoms. The normalized spacial score (nSPS) is 10.1. The maximum absolute atomic E-state index is 8.90. The molecule has 0 unspecified atom stereocenters. The van der Waals surface area contributed by atoms with Crippen molar-refractivity contribution < 1.29 is 0 Å². The van der Waals surface area contributed by atoms with E-state index in [-0.39, 0.29) is 0 Å². The van der Waals surface area contributed by atoms with Crippen LogP contribution in [0.25, 0.3) is 0 Å². The van der Waals surface area contributed by atoms with Crippen LogP contribution in [0, 0.1) is 18.3 Å². The van der Waals surface area contributed by atoms with Gasteiger partial charge in [0, 0.05) is 13.1 Å². The number of hydrogen-bond donors (Lipinski definition) is 1. The third-order valence-corrected chi connectivity index (χ3v) is 3.50. The van der Waals surface area contributed by atoms with Crippen LogP contribution >= 0.6 is 0 Å². The van der Waals surface area contributed by atoms with Crippen LogP contribution < -0.4 is 10.6 Å². The monoisotopic (exact) mass is 265 g/mol. The van der Waals surface area contributed by atoms with Crippen LogP contribution in [0.1, 0.15) is 23.6 Å². The Labute approximate surface area is 120 Å². The molecule has 3 nitrogen and oxygen atoms in total. The molecule has 0 aliphatic carbocycles. The highest BCUT2D eigenvalue weighted by Gasteiger charge is 2.10. The first-order chi connectivity index (χ1) is 9.65. The number of anilines is 2. The zero-order valence-electron chi connectivity index (χ0n) is 11.9. The van der Waals surface area contributed by atoms with Crippen molar-refractivity contribution in [3.63, 3.8) is 0 Å². The van der Waals surface area contributed by atoms with E-state index < -0.39 is 0 Å². The van der Waals surface area contributed by atoms with Crippen molar-refractivity contribution >= 4 is 11.4 Å². The standard InChI is InChI=1S/C17H19N3/c1-3-20(12-15-7-5-4-6-13(15)2)17-9-8-14(11-18)10-16(17)19/h4-10H,3,12,19H2,1-2H3. The van der Waals surface area contributed by atoms with Gasteiger partial charge in [0.15, 0.2) is 0 Å². The zero-order valence-corrected chi connectivity index (χ0v) is 11.9. The predicted molar refractivity (Wildman–Crippen MR) is 83.5 cm³/mol. The molecule has 2 rings (SSSR count). The van der Waals surface area contributed by atoms with Gasteiger partial charge in [0.05, 0.1) is 23.0 Å². The fourth-order valence-corrected chi connectivity index (χ4v) is 2.27. The second kappa shape index (κ2) is 6.12. The van der Waals surface area contributed by atoms with Crippen molar-refractivity contribution in [2.75, 3.05) is 17.2 Å². The first-order valence-corrected chi connectivity index (χ1v) is 6.74. The molecule has 2 aromatic carbocycles. The predicted octanol–water partition coefficient (Wildman–Crippen LogP) is 3.48. The molecule has 0 fully saturated rings. The molecule has 102 valence electrons. The molecular weight excluding hydrogens is 246 g/mol. The highest BCUT2D eigenvalue weighted by molar-refractivity contribution is 5.69. The average molecular weight is 265 g/mol. The van der Waals surface area contributed by atoms with Crippen LogP contribution in [0.3, 0.4) is 0 Å². The van der Waals surface area contributed by atoms with Gasteiger partial charge < -0.3 is 10.6 Å². The van der Waals surface area contributed by atoms with Gasteiger partial charge in [-0.15, -0.1) is 0 Å². The summed E-state index contributed by atoms with van der Waals surface area (Å²) in [6, 6.07) is 15.9. The van der Waals surface area contributed by atoms with Crippen LogP contribution in [0.4, 0.5) is 11.4 Å². The summed E-state index contributed by atoms with van der Waals surface area (Å²) in [6.07, 6.45) is 0. The summed E-state index contributed by atoms with van der Waals surface area (Å²) in [4.78, 5) is 2.22. The average Bonchev–Trinajstić information content (AvgIpc) is 2.47. The highest BCUT2D eigenvalue weighted by Crippen LogP contribution is 2.26. The number of nitriles is 1. The topological polar surface area (TPSA) is 53.0 Å². The maximum Gasteiger partial charge on any atom is 0.0992 e. The van der Waals surface area contributed by atoms with Crippen molar-refractivity contribution in [2.24, 2.45) is 0 Å². The second-order valence-electron chi connectivity index (χ2n) is 4.83. The molecule has 0 spiro atoms. The Balaban J connectivity index is 2.29. The number of nitrogens with zero attached hydrogens (tertiary/aromatic N) is 2. The Hall–Kier alpha value is -2.47. The number of nitrogen functional groups attached to an aromatic ring is 1. The van der Waals surface area contributed by atoms with Gasteiger partial charge >= 0.3 is 0 Å². The van der Waals surface area contributed by atoms with Crippen molar-refractivity contribution in [1.82, 2.24) is 0 Å². The summed E-state index contributed by atoms with van der Waals surface area (Å²) >= 11 is 0. The van der Waals surface area contributed by atoms with E-state index in [0.717, 1.165) is 18.8 Å². The van der Waals surface area contributed by atoms with Crippen molar-refractivity contribution in [1.29, 1.82) is 5.26 Å². The van der Waals surface area contributed by atoms with Crippen LogP contribution in [0.5, 0.6) is 0 Å². The summed E-state index contributed by atoms with van der Waals surface area (Å²) < 4.78 is 0. The quantitative estimate of drug-likeness (QED) is 0.861.